The Kier molecular flexibility index (Phi) is 4.32. The van der Waals surface area contributed by atoms with Crippen molar-refractivity contribution < 1.29 is 9.45 Å². The average molecular weight is 326 g/mol. The Bertz CT molecular complexity index is 849. The van der Waals surface area contributed by atoms with Gasteiger partial charge in [-0.2, -0.15) is 0 Å². The second kappa shape index (κ2) is 6.73. The predicted octanol–water partition coefficient (Wildman–Crippen LogP) is 3.04. The van der Waals surface area contributed by atoms with Crippen LogP contribution in [0.2, 0.25) is 0 Å². The van der Waals surface area contributed by atoms with E-state index in [9.17, 15) is 10.1 Å². The van der Waals surface area contributed by atoms with E-state index in [0.29, 0.717) is 18.1 Å². The van der Waals surface area contributed by atoms with Crippen LogP contribution in [0.3, 0.4) is 0 Å². The van der Waals surface area contributed by atoms with Crippen LogP contribution in [0.4, 0.5) is 23.1 Å². The molecule has 9 heteroatoms. The van der Waals surface area contributed by atoms with Gasteiger partial charge in [-0.05, 0) is 12.5 Å². The number of anilines is 3. The first kappa shape index (κ1) is 15.4. The van der Waals surface area contributed by atoms with Crippen LogP contribution in [-0.2, 0) is 6.54 Å². The van der Waals surface area contributed by atoms with Gasteiger partial charge in [0.2, 0.25) is 11.6 Å². The minimum absolute atomic E-state index is 0.0406. The molecule has 0 saturated carbocycles. The maximum atomic E-state index is 11.5. The summed E-state index contributed by atoms with van der Waals surface area (Å²) >= 11 is 0. The Labute approximate surface area is 136 Å². The van der Waals surface area contributed by atoms with Gasteiger partial charge in [0.15, 0.2) is 5.82 Å². The van der Waals surface area contributed by atoms with Crippen LogP contribution in [0.15, 0.2) is 47.2 Å². The SMILES string of the molecule is Cc1cc(Nc2ncnc(NCc3ccccc3)c2[N+](=O)[O-])no1. The molecule has 0 radical (unpaired) electrons. The maximum Gasteiger partial charge on any atom is 0.353 e. The van der Waals surface area contributed by atoms with Gasteiger partial charge in [0.1, 0.15) is 12.1 Å². The summed E-state index contributed by atoms with van der Waals surface area (Å²) in [5.41, 5.74) is 0.723. The standard InChI is InChI=1S/C15H14N6O3/c1-10-7-12(20-24-10)19-15-13(21(22)23)14(17-9-18-15)16-8-11-5-3-2-4-6-11/h2-7,9H,8H2,1H3,(H2,16,17,18,19,20). The lowest BCUT2D eigenvalue weighted by molar-refractivity contribution is -0.383. The van der Waals surface area contributed by atoms with Crippen molar-refractivity contribution in [2.45, 2.75) is 13.5 Å². The zero-order valence-corrected chi connectivity index (χ0v) is 12.8. The Hall–Kier alpha value is -3.49. The number of aryl methyl sites for hydroxylation is 1. The highest BCUT2D eigenvalue weighted by atomic mass is 16.6. The molecular weight excluding hydrogens is 312 g/mol. The van der Waals surface area contributed by atoms with E-state index in [4.69, 9.17) is 4.52 Å². The molecule has 0 aliphatic heterocycles. The van der Waals surface area contributed by atoms with E-state index in [1.54, 1.807) is 13.0 Å². The number of nitro groups is 1. The Morgan fingerprint density at radius 1 is 1.21 bits per heavy atom. The summed E-state index contributed by atoms with van der Waals surface area (Å²) < 4.78 is 4.93. The predicted molar refractivity (Wildman–Crippen MR) is 87.0 cm³/mol. The number of rotatable bonds is 6. The molecule has 0 atom stereocenters. The molecule has 2 aromatic heterocycles. The van der Waals surface area contributed by atoms with Crippen molar-refractivity contribution >= 4 is 23.1 Å². The van der Waals surface area contributed by atoms with Gasteiger partial charge in [-0.25, -0.2) is 9.97 Å². The van der Waals surface area contributed by atoms with Gasteiger partial charge in [-0.1, -0.05) is 35.5 Å². The van der Waals surface area contributed by atoms with Crippen molar-refractivity contribution in [2.75, 3.05) is 10.6 Å². The number of nitrogens with one attached hydrogen (secondary N) is 2. The second-order valence-electron chi connectivity index (χ2n) is 4.96. The number of aromatic nitrogens is 3. The van der Waals surface area contributed by atoms with E-state index >= 15 is 0 Å². The highest BCUT2D eigenvalue weighted by Crippen LogP contribution is 2.31. The lowest BCUT2D eigenvalue weighted by atomic mass is 10.2. The summed E-state index contributed by atoms with van der Waals surface area (Å²) in [5.74, 6) is 1.08. The Morgan fingerprint density at radius 2 is 1.96 bits per heavy atom. The first-order valence-electron chi connectivity index (χ1n) is 7.11. The van der Waals surface area contributed by atoms with Crippen LogP contribution < -0.4 is 10.6 Å². The summed E-state index contributed by atoms with van der Waals surface area (Å²) in [4.78, 5) is 18.8. The molecule has 0 unspecified atom stereocenters. The molecule has 0 spiro atoms. The second-order valence-corrected chi connectivity index (χ2v) is 4.96. The molecule has 0 bridgehead atoms. The molecule has 24 heavy (non-hydrogen) atoms. The van der Waals surface area contributed by atoms with Crippen molar-refractivity contribution in [2.24, 2.45) is 0 Å². The van der Waals surface area contributed by atoms with E-state index in [0.717, 1.165) is 5.56 Å². The molecule has 0 aliphatic carbocycles. The van der Waals surface area contributed by atoms with E-state index in [-0.39, 0.29) is 17.3 Å². The summed E-state index contributed by atoms with van der Waals surface area (Å²) in [6.07, 6.45) is 1.25. The summed E-state index contributed by atoms with van der Waals surface area (Å²) in [6, 6.07) is 11.1. The quantitative estimate of drug-likeness (QED) is 0.524. The van der Waals surface area contributed by atoms with Gasteiger partial charge in [-0.15, -0.1) is 0 Å². The van der Waals surface area contributed by atoms with Crippen molar-refractivity contribution in [1.29, 1.82) is 0 Å². The highest BCUT2D eigenvalue weighted by molar-refractivity contribution is 5.72. The van der Waals surface area contributed by atoms with Crippen molar-refractivity contribution in [3.63, 3.8) is 0 Å². The van der Waals surface area contributed by atoms with Gasteiger partial charge >= 0.3 is 5.69 Å². The molecule has 2 heterocycles. The smallest absolute Gasteiger partial charge is 0.353 e. The summed E-state index contributed by atoms with van der Waals surface area (Å²) in [5, 5.41) is 20.9. The number of nitrogens with zero attached hydrogens (tertiary/aromatic N) is 4. The molecular formula is C15H14N6O3. The number of hydrogen-bond donors (Lipinski definition) is 2. The molecule has 3 aromatic rings. The zero-order valence-electron chi connectivity index (χ0n) is 12.8. The van der Waals surface area contributed by atoms with Crippen LogP contribution in [-0.4, -0.2) is 20.0 Å². The van der Waals surface area contributed by atoms with Crippen LogP contribution in [0.5, 0.6) is 0 Å². The molecule has 2 N–H and O–H groups in total. The number of benzene rings is 1. The van der Waals surface area contributed by atoms with Gasteiger partial charge in [0.25, 0.3) is 0 Å². The first-order chi connectivity index (χ1) is 11.6. The molecule has 0 fully saturated rings. The lowest BCUT2D eigenvalue weighted by Crippen LogP contribution is -2.08. The monoisotopic (exact) mass is 326 g/mol. The molecule has 122 valence electrons. The fourth-order valence-corrected chi connectivity index (χ4v) is 2.10. The van der Waals surface area contributed by atoms with E-state index in [1.165, 1.54) is 6.33 Å². The minimum Gasteiger partial charge on any atom is -0.360 e. The summed E-state index contributed by atoms with van der Waals surface area (Å²) in [7, 11) is 0. The van der Waals surface area contributed by atoms with Gasteiger partial charge in [-0.3, -0.25) is 10.1 Å². The van der Waals surface area contributed by atoms with Crippen molar-refractivity contribution in [3.8, 4) is 0 Å². The van der Waals surface area contributed by atoms with Crippen LogP contribution in [0.1, 0.15) is 11.3 Å². The molecule has 0 saturated heterocycles. The zero-order chi connectivity index (χ0) is 16.9. The lowest BCUT2D eigenvalue weighted by Gasteiger charge is -2.08. The third kappa shape index (κ3) is 3.46. The molecule has 9 nitrogen and oxygen atoms in total. The minimum atomic E-state index is -0.539. The normalized spacial score (nSPS) is 10.4. The first-order valence-corrected chi connectivity index (χ1v) is 7.11. The molecule has 0 aliphatic rings. The Morgan fingerprint density at radius 3 is 2.62 bits per heavy atom. The maximum absolute atomic E-state index is 11.5. The molecule has 1 aromatic carbocycles. The Balaban J connectivity index is 1.86. The third-order valence-electron chi connectivity index (χ3n) is 3.18. The molecule has 0 amide bonds. The average Bonchev–Trinajstić information content (AvgIpc) is 2.98. The van der Waals surface area contributed by atoms with Gasteiger partial charge < -0.3 is 15.2 Å². The van der Waals surface area contributed by atoms with Crippen molar-refractivity contribution in [3.05, 3.63) is 64.2 Å². The fourth-order valence-electron chi connectivity index (χ4n) is 2.10. The van der Waals surface area contributed by atoms with E-state index in [1.807, 2.05) is 30.3 Å². The summed E-state index contributed by atoms with van der Waals surface area (Å²) in [6.45, 7) is 2.13. The highest BCUT2D eigenvalue weighted by Gasteiger charge is 2.23. The van der Waals surface area contributed by atoms with E-state index < -0.39 is 4.92 Å². The van der Waals surface area contributed by atoms with Crippen molar-refractivity contribution in [1.82, 2.24) is 15.1 Å². The number of hydrogen-bond acceptors (Lipinski definition) is 8. The van der Waals surface area contributed by atoms with Gasteiger partial charge in [0, 0.05) is 12.6 Å². The third-order valence-corrected chi connectivity index (χ3v) is 3.18. The molecule has 3 rings (SSSR count). The fraction of sp³-hybridized carbons (Fsp3) is 0.133. The van der Waals surface area contributed by atoms with Crippen LogP contribution in [0.25, 0.3) is 0 Å². The topological polar surface area (TPSA) is 119 Å². The van der Waals surface area contributed by atoms with Crippen LogP contribution in [0, 0.1) is 17.0 Å². The van der Waals surface area contributed by atoms with Gasteiger partial charge in [0.05, 0.1) is 4.92 Å². The van der Waals surface area contributed by atoms with E-state index in [2.05, 4.69) is 25.8 Å². The largest absolute Gasteiger partial charge is 0.360 e. The van der Waals surface area contributed by atoms with Crippen LogP contribution >= 0.6 is 0 Å².